The first-order chi connectivity index (χ1) is 9.79. The van der Waals surface area contributed by atoms with Gasteiger partial charge in [-0.2, -0.15) is 0 Å². The van der Waals surface area contributed by atoms with E-state index in [-0.39, 0.29) is 0 Å². The van der Waals surface area contributed by atoms with Crippen molar-refractivity contribution in [1.29, 1.82) is 0 Å². The average molecular weight is 272 g/mol. The van der Waals surface area contributed by atoms with Crippen LogP contribution in [0.4, 0.5) is 5.69 Å². The van der Waals surface area contributed by atoms with E-state index in [0.717, 1.165) is 17.1 Å². The third-order valence-corrected chi connectivity index (χ3v) is 3.58. The molecule has 1 heterocycles. The van der Waals surface area contributed by atoms with Gasteiger partial charge in [-0.05, 0) is 49.9 Å². The minimum atomic E-state index is 0.411. The van der Waals surface area contributed by atoms with Gasteiger partial charge in [-0.25, -0.2) is 0 Å². The Morgan fingerprint density at radius 1 is 1.25 bits per heavy atom. The first kappa shape index (κ1) is 13.0. The summed E-state index contributed by atoms with van der Waals surface area (Å²) in [6.45, 7) is 0.677. The molecule has 1 aromatic carbocycles. The van der Waals surface area contributed by atoms with Gasteiger partial charge in [0.15, 0.2) is 0 Å². The molecular weight excluding hydrogens is 252 g/mol. The summed E-state index contributed by atoms with van der Waals surface area (Å²) >= 11 is 0. The Bertz CT molecular complexity index is 543. The zero-order valence-electron chi connectivity index (χ0n) is 11.7. The van der Waals surface area contributed by atoms with Gasteiger partial charge in [0.1, 0.15) is 11.4 Å². The monoisotopic (exact) mass is 272 g/mol. The highest BCUT2D eigenvalue weighted by Crippen LogP contribution is 2.25. The number of aryl methyl sites for hydroxylation is 1. The molecule has 5 heteroatoms. The summed E-state index contributed by atoms with van der Waals surface area (Å²) < 4.78 is 7.65. The first-order valence-electron chi connectivity index (χ1n) is 7.15. The SMILES string of the molecule is Cn1cc(CNc2ccc(OC3CCCC3)cc2)nn1. The molecule has 3 rings (SSSR count). The number of hydrogen-bond acceptors (Lipinski definition) is 4. The van der Waals surface area contributed by atoms with Gasteiger partial charge in [0.2, 0.25) is 0 Å². The Labute approximate surface area is 118 Å². The van der Waals surface area contributed by atoms with E-state index in [2.05, 4.69) is 15.6 Å². The number of nitrogens with zero attached hydrogens (tertiary/aromatic N) is 3. The molecule has 0 amide bonds. The summed E-state index contributed by atoms with van der Waals surface area (Å²) in [6, 6.07) is 8.13. The molecular formula is C15H20N4O. The van der Waals surface area contributed by atoms with E-state index in [1.165, 1.54) is 25.7 Å². The van der Waals surface area contributed by atoms with Gasteiger partial charge in [-0.3, -0.25) is 4.68 Å². The van der Waals surface area contributed by atoms with Crippen LogP contribution in [0, 0.1) is 0 Å². The van der Waals surface area contributed by atoms with Gasteiger partial charge in [0.05, 0.1) is 12.6 Å². The Morgan fingerprint density at radius 2 is 2.00 bits per heavy atom. The molecule has 1 fully saturated rings. The van der Waals surface area contributed by atoms with E-state index in [9.17, 15) is 0 Å². The minimum Gasteiger partial charge on any atom is -0.490 e. The number of benzene rings is 1. The van der Waals surface area contributed by atoms with Crippen LogP contribution in [0.1, 0.15) is 31.4 Å². The van der Waals surface area contributed by atoms with E-state index in [1.807, 2.05) is 37.5 Å². The predicted molar refractivity (Wildman–Crippen MR) is 77.7 cm³/mol. The lowest BCUT2D eigenvalue weighted by atomic mass is 10.2. The van der Waals surface area contributed by atoms with Gasteiger partial charge in [0.25, 0.3) is 0 Å². The van der Waals surface area contributed by atoms with Gasteiger partial charge < -0.3 is 10.1 Å². The molecule has 0 spiro atoms. The highest BCUT2D eigenvalue weighted by molar-refractivity contribution is 5.46. The van der Waals surface area contributed by atoms with Crippen molar-refractivity contribution in [2.45, 2.75) is 38.3 Å². The number of hydrogen-bond donors (Lipinski definition) is 1. The zero-order valence-corrected chi connectivity index (χ0v) is 11.7. The van der Waals surface area contributed by atoms with E-state index < -0.39 is 0 Å². The van der Waals surface area contributed by atoms with Crippen molar-refractivity contribution >= 4 is 5.69 Å². The van der Waals surface area contributed by atoms with Crippen LogP contribution < -0.4 is 10.1 Å². The molecule has 0 saturated heterocycles. The lowest BCUT2D eigenvalue weighted by molar-refractivity contribution is 0.210. The van der Waals surface area contributed by atoms with Crippen LogP contribution in [0.5, 0.6) is 5.75 Å². The predicted octanol–water partition coefficient (Wildman–Crippen LogP) is 2.75. The quantitative estimate of drug-likeness (QED) is 0.909. The highest BCUT2D eigenvalue weighted by Gasteiger charge is 2.16. The maximum absolute atomic E-state index is 5.94. The Hall–Kier alpha value is -2.04. The van der Waals surface area contributed by atoms with Gasteiger partial charge in [-0.15, -0.1) is 5.10 Å². The third-order valence-electron chi connectivity index (χ3n) is 3.58. The number of ether oxygens (including phenoxy) is 1. The summed E-state index contributed by atoms with van der Waals surface area (Å²) in [4.78, 5) is 0. The van der Waals surface area contributed by atoms with Crippen LogP contribution in [0.25, 0.3) is 0 Å². The number of aromatic nitrogens is 3. The standard InChI is InChI=1S/C15H20N4O/c1-19-11-13(17-18-19)10-16-12-6-8-15(9-7-12)20-14-4-2-3-5-14/h6-9,11,14,16H,2-5,10H2,1H3. The molecule has 0 unspecified atom stereocenters. The van der Waals surface area contributed by atoms with Crippen LogP contribution in [-0.2, 0) is 13.6 Å². The van der Waals surface area contributed by atoms with Crippen molar-refractivity contribution < 1.29 is 4.74 Å². The highest BCUT2D eigenvalue weighted by atomic mass is 16.5. The average Bonchev–Trinajstić information content (AvgIpc) is 3.10. The van der Waals surface area contributed by atoms with Crippen molar-refractivity contribution in [2.24, 2.45) is 7.05 Å². The Balaban J connectivity index is 1.52. The Morgan fingerprint density at radius 3 is 2.65 bits per heavy atom. The molecule has 1 N–H and O–H groups in total. The van der Waals surface area contributed by atoms with Gasteiger partial charge in [0, 0.05) is 18.9 Å². The van der Waals surface area contributed by atoms with Crippen molar-refractivity contribution in [2.75, 3.05) is 5.32 Å². The second kappa shape index (κ2) is 5.94. The van der Waals surface area contributed by atoms with Crippen LogP contribution >= 0.6 is 0 Å². The summed E-state index contributed by atoms with van der Waals surface area (Å²) in [7, 11) is 1.87. The van der Waals surface area contributed by atoms with Crippen molar-refractivity contribution in [3.05, 3.63) is 36.2 Å². The molecule has 0 atom stereocenters. The fourth-order valence-corrected chi connectivity index (χ4v) is 2.52. The lowest BCUT2D eigenvalue weighted by Crippen LogP contribution is -2.10. The fourth-order valence-electron chi connectivity index (χ4n) is 2.52. The molecule has 0 radical (unpaired) electrons. The van der Waals surface area contributed by atoms with Crippen LogP contribution in [-0.4, -0.2) is 21.1 Å². The van der Waals surface area contributed by atoms with E-state index in [0.29, 0.717) is 12.6 Å². The molecule has 1 aliphatic rings. The topological polar surface area (TPSA) is 52.0 Å². The molecule has 1 saturated carbocycles. The van der Waals surface area contributed by atoms with E-state index in [4.69, 9.17) is 4.74 Å². The lowest BCUT2D eigenvalue weighted by Gasteiger charge is -2.13. The molecule has 0 aliphatic heterocycles. The molecule has 106 valence electrons. The maximum atomic E-state index is 5.94. The summed E-state index contributed by atoms with van der Waals surface area (Å²) in [5, 5.41) is 11.3. The number of anilines is 1. The van der Waals surface area contributed by atoms with Gasteiger partial charge >= 0.3 is 0 Å². The summed E-state index contributed by atoms with van der Waals surface area (Å²) in [5.74, 6) is 0.960. The molecule has 5 nitrogen and oxygen atoms in total. The van der Waals surface area contributed by atoms with Crippen molar-refractivity contribution in [3.8, 4) is 5.75 Å². The van der Waals surface area contributed by atoms with E-state index in [1.54, 1.807) is 4.68 Å². The number of rotatable bonds is 5. The molecule has 20 heavy (non-hydrogen) atoms. The molecule has 2 aromatic rings. The van der Waals surface area contributed by atoms with Crippen LogP contribution in [0.2, 0.25) is 0 Å². The number of nitrogens with one attached hydrogen (secondary N) is 1. The van der Waals surface area contributed by atoms with Crippen LogP contribution in [0.15, 0.2) is 30.5 Å². The largest absolute Gasteiger partial charge is 0.490 e. The third kappa shape index (κ3) is 3.29. The smallest absolute Gasteiger partial charge is 0.119 e. The second-order valence-electron chi connectivity index (χ2n) is 5.29. The normalized spacial score (nSPS) is 15.4. The maximum Gasteiger partial charge on any atom is 0.119 e. The molecule has 1 aromatic heterocycles. The summed E-state index contributed by atoms with van der Waals surface area (Å²) in [6.07, 6.45) is 7.28. The molecule has 0 bridgehead atoms. The van der Waals surface area contributed by atoms with Gasteiger partial charge in [-0.1, -0.05) is 5.21 Å². The zero-order chi connectivity index (χ0) is 13.8. The molecule has 1 aliphatic carbocycles. The van der Waals surface area contributed by atoms with Crippen LogP contribution in [0.3, 0.4) is 0 Å². The van der Waals surface area contributed by atoms with Crippen molar-refractivity contribution in [3.63, 3.8) is 0 Å². The summed E-state index contributed by atoms with van der Waals surface area (Å²) in [5.41, 5.74) is 1.99. The Kier molecular flexibility index (Phi) is 3.85. The second-order valence-corrected chi connectivity index (χ2v) is 5.29. The first-order valence-corrected chi connectivity index (χ1v) is 7.15. The fraction of sp³-hybridized carbons (Fsp3) is 0.467. The van der Waals surface area contributed by atoms with Crippen molar-refractivity contribution in [1.82, 2.24) is 15.0 Å². The van der Waals surface area contributed by atoms with E-state index >= 15 is 0 Å². The minimum absolute atomic E-state index is 0.411.